The summed E-state index contributed by atoms with van der Waals surface area (Å²) in [6, 6.07) is 3.67. The van der Waals surface area contributed by atoms with Gasteiger partial charge >= 0.3 is 12.0 Å². The van der Waals surface area contributed by atoms with Crippen LogP contribution in [0.15, 0.2) is 17.5 Å². The van der Waals surface area contributed by atoms with Crippen molar-refractivity contribution in [2.45, 2.75) is 19.0 Å². The van der Waals surface area contributed by atoms with Crippen LogP contribution in [-0.4, -0.2) is 58.0 Å². The van der Waals surface area contributed by atoms with Crippen molar-refractivity contribution in [3.8, 4) is 0 Å². The maximum atomic E-state index is 12.5. The van der Waals surface area contributed by atoms with Gasteiger partial charge in [-0.05, 0) is 11.4 Å². The average Bonchev–Trinajstić information content (AvgIpc) is 2.90. The SMILES string of the molecule is CN(Cc1cccs1)C(=O)N1CCSCC1CC(=O)O. The molecule has 7 heteroatoms. The van der Waals surface area contributed by atoms with Gasteiger partial charge in [-0.1, -0.05) is 6.07 Å². The van der Waals surface area contributed by atoms with Gasteiger partial charge in [0.2, 0.25) is 0 Å². The Kier molecular flexibility index (Phi) is 5.31. The third kappa shape index (κ3) is 3.89. The van der Waals surface area contributed by atoms with E-state index in [0.29, 0.717) is 18.8 Å². The van der Waals surface area contributed by atoms with E-state index in [9.17, 15) is 9.59 Å². The van der Waals surface area contributed by atoms with Crippen molar-refractivity contribution in [2.24, 2.45) is 0 Å². The van der Waals surface area contributed by atoms with Gasteiger partial charge in [0.05, 0.1) is 19.0 Å². The van der Waals surface area contributed by atoms with Gasteiger partial charge in [-0.25, -0.2) is 4.79 Å². The number of carbonyl (C=O) groups excluding carboxylic acids is 1. The number of carboxylic acids is 1. The molecule has 1 aromatic rings. The Morgan fingerprint density at radius 2 is 2.35 bits per heavy atom. The number of thioether (sulfide) groups is 1. The number of hydrogen-bond acceptors (Lipinski definition) is 4. The molecule has 0 radical (unpaired) electrons. The first-order valence-electron chi connectivity index (χ1n) is 6.41. The van der Waals surface area contributed by atoms with Crippen LogP contribution in [-0.2, 0) is 11.3 Å². The van der Waals surface area contributed by atoms with Crippen LogP contribution in [0.25, 0.3) is 0 Å². The predicted molar refractivity (Wildman–Crippen MR) is 81.3 cm³/mol. The number of thiophene rings is 1. The molecule has 110 valence electrons. The largest absolute Gasteiger partial charge is 0.481 e. The number of aliphatic carboxylic acids is 1. The van der Waals surface area contributed by atoms with Gasteiger partial charge in [0, 0.05) is 30.0 Å². The highest BCUT2D eigenvalue weighted by atomic mass is 32.2. The van der Waals surface area contributed by atoms with Crippen molar-refractivity contribution < 1.29 is 14.7 Å². The Labute approximate surface area is 126 Å². The van der Waals surface area contributed by atoms with Gasteiger partial charge in [0.25, 0.3) is 0 Å². The number of hydrogen-bond donors (Lipinski definition) is 1. The molecule has 1 aliphatic heterocycles. The molecule has 1 saturated heterocycles. The summed E-state index contributed by atoms with van der Waals surface area (Å²) in [6.45, 7) is 1.19. The van der Waals surface area contributed by atoms with Gasteiger partial charge in [-0.2, -0.15) is 11.8 Å². The fraction of sp³-hybridized carbons (Fsp3) is 0.538. The van der Waals surface area contributed by atoms with Crippen LogP contribution < -0.4 is 0 Å². The molecule has 2 amide bonds. The van der Waals surface area contributed by atoms with Gasteiger partial charge < -0.3 is 14.9 Å². The van der Waals surface area contributed by atoms with Gasteiger partial charge in [-0.3, -0.25) is 4.79 Å². The molecule has 20 heavy (non-hydrogen) atoms. The molecule has 1 atom stereocenters. The lowest BCUT2D eigenvalue weighted by atomic mass is 10.2. The molecule has 2 rings (SSSR count). The summed E-state index contributed by atoms with van der Waals surface area (Å²) >= 11 is 3.33. The highest BCUT2D eigenvalue weighted by molar-refractivity contribution is 7.99. The standard InChI is InChI=1S/C13H18N2O3S2/c1-14(8-11-3-2-5-20-11)13(18)15-4-6-19-9-10(15)7-12(16)17/h2-3,5,10H,4,6-9H2,1H3,(H,16,17). The zero-order valence-corrected chi connectivity index (χ0v) is 13.0. The number of urea groups is 1. The smallest absolute Gasteiger partial charge is 0.320 e. The quantitative estimate of drug-likeness (QED) is 0.925. The zero-order valence-electron chi connectivity index (χ0n) is 11.3. The normalized spacial score (nSPS) is 18.9. The molecule has 1 unspecified atom stereocenters. The second-order valence-electron chi connectivity index (χ2n) is 4.74. The molecular formula is C13H18N2O3S2. The van der Waals surface area contributed by atoms with Crippen LogP contribution in [0.5, 0.6) is 0 Å². The lowest BCUT2D eigenvalue weighted by Crippen LogP contribution is -2.51. The molecular weight excluding hydrogens is 296 g/mol. The number of amides is 2. The van der Waals surface area contributed by atoms with Crippen molar-refractivity contribution in [1.29, 1.82) is 0 Å². The lowest BCUT2D eigenvalue weighted by molar-refractivity contribution is -0.138. The van der Waals surface area contributed by atoms with E-state index in [1.54, 1.807) is 39.9 Å². The maximum Gasteiger partial charge on any atom is 0.320 e. The molecule has 1 aromatic heterocycles. The Morgan fingerprint density at radius 3 is 3.00 bits per heavy atom. The first-order chi connectivity index (χ1) is 9.58. The van der Waals surface area contributed by atoms with E-state index >= 15 is 0 Å². The van der Waals surface area contributed by atoms with Crippen LogP contribution >= 0.6 is 23.1 Å². The van der Waals surface area contributed by atoms with Gasteiger partial charge in [-0.15, -0.1) is 11.3 Å². The van der Waals surface area contributed by atoms with E-state index in [-0.39, 0.29) is 18.5 Å². The second kappa shape index (κ2) is 6.99. The third-order valence-corrected chi connectivity index (χ3v) is 5.14. The molecule has 0 aromatic carbocycles. The predicted octanol–water partition coefficient (Wildman–Crippen LogP) is 2.19. The van der Waals surface area contributed by atoms with Crippen LogP contribution in [0.2, 0.25) is 0 Å². The van der Waals surface area contributed by atoms with Crippen LogP contribution in [0.3, 0.4) is 0 Å². The number of carboxylic acid groups (broad SMARTS) is 1. The molecule has 0 saturated carbocycles. The minimum Gasteiger partial charge on any atom is -0.481 e. The number of carbonyl (C=O) groups is 2. The summed E-state index contributed by atoms with van der Waals surface area (Å²) in [5.74, 6) is 0.718. The molecule has 5 nitrogen and oxygen atoms in total. The van der Waals surface area contributed by atoms with E-state index in [2.05, 4.69) is 0 Å². The zero-order chi connectivity index (χ0) is 14.5. The highest BCUT2D eigenvalue weighted by Gasteiger charge is 2.30. The van der Waals surface area contributed by atoms with Crippen molar-refractivity contribution in [2.75, 3.05) is 25.1 Å². The topological polar surface area (TPSA) is 60.9 Å². The maximum absolute atomic E-state index is 12.5. The minimum atomic E-state index is -0.851. The number of rotatable bonds is 4. The summed E-state index contributed by atoms with van der Waals surface area (Å²) in [4.78, 5) is 27.9. The molecule has 0 aliphatic carbocycles. The van der Waals surface area contributed by atoms with Crippen molar-refractivity contribution in [3.05, 3.63) is 22.4 Å². The van der Waals surface area contributed by atoms with E-state index in [1.807, 2.05) is 17.5 Å². The lowest BCUT2D eigenvalue weighted by Gasteiger charge is -2.37. The molecule has 2 heterocycles. The minimum absolute atomic E-state index is 0.0194. The van der Waals surface area contributed by atoms with Gasteiger partial charge in [0.15, 0.2) is 0 Å². The fourth-order valence-electron chi connectivity index (χ4n) is 2.20. The van der Waals surface area contributed by atoms with Crippen LogP contribution in [0.4, 0.5) is 4.79 Å². The molecule has 0 spiro atoms. The van der Waals surface area contributed by atoms with Crippen LogP contribution in [0.1, 0.15) is 11.3 Å². The summed E-state index contributed by atoms with van der Waals surface area (Å²) in [5.41, 5.74) is 0. The van der Waals surface area contributed by atoms with Crippen LogP contribution in [0, 0.1) is 0 Å². The van der Waals surface area contributed by atoms with Crippen molar-refractivity contribution in [3.63, 3.8) is 0 Å². The summed E-state index contributed by atoms with van der Waals surface area (Å²) < 4.78 is 0. The molecule has 1 aliphatic rings. The Bertz CT molecular complexity index is 464. The monoisotopic (exact) mass is 314 g/mol. The number of nitrogens with zero attached hydrogens (tertiary/aromatic N) is 2. The Balaban J connectivity index is 1.99. The summed E-state index contributed by atoms with van der Waals surface area (Å²) in [6.07, 6.45) is 0.0194. The first-order valence-corrected chi connectivity index (χ1v) is 8.45. The Hall–Kier alpha value is -1.21. The molecule has 0 bridgehead atoms. The highest BCUT2D eigenvalue weighted by Crippen LogP contribution is 2.21. The van der Waals surface area contributed by atoms with E-state index in [0.717, 1.165) is 10.6 Å². The van der Waals surface area contributed by atoms with Crippen molar-refractivity contribution >= 4 is 35.1 Å². The fourth-order valence-corrected chi connectivity index (χ4v) is 4.02. The average molecular weight is 314 g/mol. The van der Waals surface area contributed by atoms with E-state index < -0.39 is 5.97 Å². The van der Waals surface area contributed by atoms with E-state index in [4.69, 9.17) is 5.11 Å². The summed E-state index contributed by atoms with van der Waals surface area (Å²) in [7, 11) is 1.77. The molecule has 1 N–H and O–H groups in total. The third-order valence-electron chi connectivity index (χ3n) is 3.18. The van der Waals surface area contributed by atoms with E-state index in [1.165, 1.54) is 0 Å². The van der Waals surface area contributed by atoms with Gasteiger partial charge in [0.1, 0.15) is 0 Å². The Morgan fingerprint density at radius 1 is 1.55 bits per heavy atom. The first kappa shape index (κ1) is 15.2. The van der Waals surface area contributed by atoms with Crippen molar-refractivity contribution in [1.82, 2.24) is 9.80 Å². The molecule has 1 fully saturated rings. The second-order valence-corrected chi connectivity index (χ2v) is 6.92. The summed E-state index contributed by atoms with van der Waals surface area (Å²) in [5, 5.41) is 10.9.